The molecule has 1 fully saturated rings. The molecule has 17 heavy (non-hydrogen) atoms. The predicted molar refractivity (Wildman–Crippen MR) is 69.2 cm³/mol. The summed E-state index contributed by atoms with van der Waals surface area (Å²) in [5.74, 6) is -0.0335. The molecule has 0 amide bonds. The van der Waals surface area contributed by atoms with Gasteiger partial charge in [-0.25, -0.2) is 0 Å². The molecular weight excluding hydrogens is 216 g/mol. The van der Waals surface area contributed by atoms with Crippen LogP contribution in [0.1, 0.15) is 40.0 Å². The highest BCUT2D eigenvalue weighted by Crippen LogP contribution is 2.22. The first-order valence-corrected chi connectivity index (χ1v) is 6.55. The normalized spacial score (nSPS) is 27.4. The summed E-state index contributed by atoms with van der Waals surface area (Å²) in [7, 11) is 1.72. The van der Waals surface area contributed by atoms with Gasteiger partial charge in [-0.15, -0.1) is 0 Å². The number of carboxylic acid groups (broad SMARTS) is 1. The number of aliphatic carboxylic acids is 1. The summed E-state index contributed by atoms with van der Waals surface area (Å²) in [6.07, 6.45) is 3.17. The zero-order valence-electron chi connectivity index (χ0n) is 11.5. The number of piperidine rings is 1. The van der Waals surface area contributed by atoms with Crippen LogP contribution in [0.4, 0.5) is 0 Å². The highest BCUT2D eigenvalue weighted by molar-refractivity contribution is 5.78. The number of rotatable bonds is 5. The largest absolute Gasteiger partial charge is 0.480 e. The molecule has 0 aromatic rings. The van der Waals surface area contributed by atoms with E-state index in [1.54, 1.807) is 14.0 Å². The van der Waals surface area contributed by atoms with Crippen LogP contribution in [0.3, 0.4) is 0 Å². The van der Waals surface area contributed by atoms with Gasteiger partial charge in [0.1, 0.15) is 5.54 Å². The van der Waals surface area contributed by atoms with E-state index in [0.29, 0.717) is 12.5 Å². The second-order valence-electron chi connectivity index (χ2n) is 5.68. The molecule has 0 aliphatic carbocycles. The van der Waals surface area contributed by atoms with Crippen molar-refractivity contribution in [2.45, 2.75) is 51.6 Å². The average molecular weight is 242 g/mol. The summed E-state index contributed by atoms with van der Waals surface area (Å²) in [4.78, 5) is 13.7. The van der Waals surface area contributed by atoms with Crippen molar-refractivity contribution in [1.29, 1.82) is 0 Å². The number of carbonyl (C=O) groups is 1. The van der Waals surface area contributed by atoms with Gasteiger partial charge in [0, 0.05) is 12.6 Å². The molecule has 100 valence electrons. The molecule has 3 atom stereocenters. The average Bonchev–Trinajstić information content (AvgIpc) is 2.28. The Kier molecular flexibility index (Phi) is 4.95. The highest BCUT2D eigenvalue weighted by Gasteiger charge is 2.35. The third kappa shape index (κ3) is 3.68. The standard InChI is InChI=1S/C13H26N2O2/c1-10-6-5-7-15(9-10)11(2)8-13(3,14-4)12(16)17/h10-11,14H,5-9H2,1-4H3,(H,16,17). The van der Waals surface area contributed by atoms with Gasteiger partial charge in [-0.3, -0.25) is 4.79 Å². The van der Waals surface area contributed by atoms with E-state index >= 15 is 0 Å². The van der Waals surface area contributed by atoms with E-state index in [0.717, 1.165) is 19.0 Å². The summed E-state index contributed by atoms with van der Waals surface area (Å²) in [6.45, 7) is 8.37. The van der Waals surface area contributed by atoms with Crippen molar-refractivity contribution in [2.75, 3.05) is 20.1 Å². The van der Waals surface area contributed by atoms with Crippen LogP contribution in [-0.2, 0) is 4.79 Å². The van der Waals surface area contributed by atoms with Crippen LogP contribution >= 0.6 is 0 Å². The molecule has 3 unspecified atom stereocenters. The Hall–Kier alpha value is -0.610. The molecule has 2 N–H and O–H groups in total. The molecule has 0 saturated carbocycles. The number of nitrogens with zero attached hydrogens (tertiary/aromatic N) is 1. The maximum Gasteiger partial charge on any atom is 0.323 e. The van der Waals surface area contributed by atoms with Gasteiger partial charge in [0.15, 0.2) is 0 Å². The summed E-state index contributed by atoms with van der Waals surface area (Å²) in [6, 6.07) is 0.311. The van der Waals surface area contributed by atoms with E-state index < -0.39 is 11.5 Å². The Morgan fingerprint density at radius 2 is 2.29 bits per heavy atom. The Bertz CT molecular complexity index is 270. The van der Waals surface area contributed by atoms with Gasteiger partial charge in [-0.1, -0.05) is 6.92 Å². The minimum absolute atomic E-state index is 0.311. The lowest BCUT2D eigenvalue weighted by Gasteiger charge is -2.38. The number of hydrogen-bond acceptors (Lipinski definition) is 3. The molecule has 1 heterocycles. The Morgan fingerprint density at radius 1 is 1.65 bits per heavy atom. The zero-order valence-corrected chi connectivity index (χ0v) is 11.5. The number of likely N-dealkylation sites (tertiary alicyclic amines) is 1. The van der Waals surface area contributed by atoms with Crippen LogP contribution in [-0.4, -0.2) is 47.7 Å². The molecule has 0 aromatic heterocycles. The minimum Gasteiger partial charge on any atom is -0.480 e. The summed E-state index contributed by atoms with van der Waals surface area (Å²) >= 11 is 0. The first-order chi connectivity index (χ1) is 7.89. The van der Waals surface area contributed by atoms with Crippen molar-refractivity contribution in [3.05, 3.63) is 0 Å². The van der Waals surface area contributed by atoms with Gasteiger partial charge in [0.25, 0.3) is 0 Å². The molecule has 1 aliphatic rings. The summed E-state index contributed by atoms with van der Waals surface area (Å²) in [5.41, 5.74) is -0.819. The van der Waals surface area contributed by atoms with Crippen molar-refractivity contribution in [3.63, 3.8) is 0 Å². The third-order valence-electron chi connectivity index (χ3n) is 4.04. The maximum absolute atomic E-state index is 11.3. The van der Waals surface area contributed by atoms with E-state index in [1.807, 2.05) is 0 Å². The number of carboxylic acids is 1. The van der Waals surface area contributed by atoms with Gasteiger partial charge in [0.2, 0.25) is 0 Å². The maximum atomic E-state index is 11.3. The molecule has 4 nitrogen and oxygen atoms in total. The van der Waals surface area contributed by atoms with Crippen LogP contribution < -0.4 is 5.32 Å². The fourth-order valence-electron chi connectivity index (χ4n) is 2.64. The summed E-state index contributed by atoms with van der Waals surface area (Å²) < 4.78 is 0. The predicted octanol–water partition coefficient (Wildman–Crippen LogP) is 1.56. The Balaban J connectivity index is 2.58. The summed E-state index contributed by atoms with van der Waals surface area (Å²) in [5, 5.41) is 12.2. The van der Waals surface area contributed by atoms with Gasteiger partial charge in [-0.2, -0.15) is 0 Å². The lowest BCUT2D eigenvalue weighted by Crippen LogP contribution is -2.53. The van der Waals surface area contributed by atoms with Gasteiger partial charge in [-0.05, 0) is 52.6 Å². The van der Waals surface area contributed by atoms with Crippen molar-refractivity contribution < 1.29 is 9.90 Å². The van der Waals surface area contributed by atoms with Crippen LogP contribution in [0, 0.1) is 5.92 Å². The molecular formula is C13H26N2O2. The number of hydrogen-bond donors (Lipinski definition) is 2. The van der Waals surface area contributed by atoms with Crippen molar-refractivity contribution in [2.24, 2.45) is 5.92 Å². The number of likely N-dealkylation sites (N-methyl/N-ethyl adjacent to an activating group) is 1. The molecule has 1 aliphatic heterocycles. The Labute approximate surface area is 104 Å². The molecule has 1 saturated heterocycles. The molecule has 4 heteroatoms. The smallest absolute Gasteiger partial charge is 0.323 e. The fraction of sp³-hybridized carbons (Fsp3) is 0.923. The van der Waals surface area contributed by atoms with Crippen molar-refractivity contribution >= 4 is 5.97 Å². The topological polar surface area (TPSA) is 52.6 Å². The third-order valence-corrected chi connectivity index (χ3v) is 4.04. The van der Waals surface area contributed by atoms with Gasteiger partial charge < -0.3 is 15.3 Å². The minimum atomic E-state index is -0.819. The first kappa shape index (κ1) is 14.5. The second-order valence-corrected chi connectivity index (χ2v) is 5.68. The van der Waals surface area contributed by atoms with E-state index in [-0.39, 0.29) is 0 Å². The quantitative estimate of drug-likeness (QED) is 0.768. The van der Waals surface area contributed by atoms with Gasteiger partial charge >= 0.3 is 5.97 Å². The molecule has 0 radical (unpaired) electrons. The molecule has 0 aromatic carbocycles. The second kappa shape index (κ2) is 5.83. The number of nitrogens with one attached hydrogen (secondary N) is 1. The van der Waals surface area contributed by atoms with Crippen LogP contribution in [0.2, 0.25) is 0 Å². The zero-order chi connectivity index (χ0) is 13.1. The van der Waals surface area contributed by atoms with Crippen LogP contribution in [0.25, 0.3) is 0 Å². The molecule has 0 bridgehead atoms. The van der Waals surface area contributed by atoms with E-state index in [2.05, 4.69) is 24.1 Å². The van der Waals surface area contributed by atoms with E-state index in [9.17, 15) is 9.90 Å². The highest BCUT2D eigenvalue weighted by atomic mass is 16.4. The van der Waals surface area contributed by atoms with E-state index in [4.69, 9.17) is 0 Å². The first-order valence-electron chi connectivity index (χ1n) is 6.55. The Morgan fingerprint density at radius 3 is 2.76 bits per heavy atom. The molecule has 1 rings (SSSR count). The van der Waals surface area contributed by atoms with E-state index in [1.165, 1.54) is 12.8 Å². The van der Waals surface area contributed by atoms with Crippen LogP contribution in [0.15, 0.2) is 0 Å². The lowest BCUT2D eigenvalue weighted by atomic mass is 9.91. The van der Waals surface area contributed by atoms with Crippen LogP contribution in [0.5, 0.6) is 0 Å². The SMILES string of the molecule is CNC(C)(CC(C)N1CCCC(C)C1)C(=O)O. The van der Waals surface area contributed by atoms with Gasteiger partial charge in [0.05, 0.1) is 0 Å². The molecule has 0 spiro atoms. The van der Waals surface area contributed by atoms with Crippen molar-refractivity contribution in [3.8, 4) is 0 Å². The lowest BCUT2D eigenvalue weighted by molar-refractivity contribution is -0.144. The van der Waals surface area contributed by atoms with Crippen molar-refractivity contribution in [1.82, 2.24) is 10.2 Å². The fourth-order valence-corrected chi connectivity index (χ4v) is 2.64. The monoisotopic (exact) mass is 242 g/mol.